The number of aryl methyl sites for hydroxylation is 2. The van der Waals surface area contributed by atoms with Gasteiger partial charge in [-0.1, -0.05) is 95.1 Å². The van der Waals surface area contributed by atoms with Gasteiger partial charge in [-0.3, -0.25) is 0 Å². The highest BCUT2D eigenvalue weighted by atomic mass is 16.3. The van der Waals surface area contributed by atoms with E-state index in [-0.39, 0.29) is 17.5 Å². The molecule has 5 aliphatic rings. The highest BCUT2D eigenvalue weighted by Gasteiger charge is 2.49. The molecule has 3 heterocycles. The summed E-state index contributed by atoms with van der Waals surface area (Å²) in [4.78, 5) is 5.14. The van der Waals surface area contributed by atoms with Gasteiger partial charge in [-0.15, -0.1) is 0 Å². The topological polar surface area (TPSA) is 19.6 Å². The number of fused-ring (bicyclic) bond motifs is 9. The second kappa shape index (κ2) is 11.4. The van der Waals surface area contributed by atoms with Gasteiger partial charge in [-0.2, -0.15) is 0 Å². The zero-order chi connectivity index (χ0) is 36.7. The number of nitrogens with zero attached hydrogens (tertiary/aromatic N) is 2. The molecule has 11 rings (SSSR count). The van der Waals surface area contributed by atoms with Gasteiger partial charge < -0.3 is 14.2 Å². The smallest absolute Gasteiger partial charge is 0.297 e. The van der Waals surface area contributed by atoms with Gasteiger partial charge in [0.1, 0.15) is 5.58 Å². The summed E-state index contributed by atoms with van der Waals surface area (Å²) in [7, 11) is 0. The number of hydrogen-bond donors (Lipinski definition) is 0. The van der Waals surface area contributed by atoms with Crippen LogP contribution in [0.1, 0.15) is 106 Å². The molecule has 270 valence electrons. The zero-order valence-electron chi connectivity index (χ0n) is 32.8. The van der Waals surface area contributed by atoms with Crippen LogP contribution >= 0.6 is 0 Å². The Labute approximate surface area is 321 Å². The molecule has 2 saturated carbocycles. The SMILES string of the molecule is Cc1cccc(C)c1N1c2cc3c(cc2B2c4oc5ccc(C6CC7CCC(C7)C6)cc5c4N(c4ccccc4)c4cccc1c42)C(C)(C)CCC3(C)C. The van der Waals surface area contributed by atoms with Crippen LogP contribution in [0.25, 0.3) is 11.0 Å². The minimum Gasteiger partial charge on any atom is -0.468 e. The zero-order valence-corrected chi connectivity index (χ0v) is 32.8. The van der Waals surface area contributed by atoms with Gasteiger partial charge in [0, 0.05) is 28.1 Å². The summed E-state index contributed by atoms with van der Waals surface area (Å²) >= 11 is 0. The first-order chi connectivity index (χ1) is 26.1. The summed E-state index contributed by atoms with van der Waals surface area (Å²) in [5.74, 6) is 2.43. The normalized spacial score (nSPS) is 22.9. The van der Waals surface area contributed by atoms with Crippen molar-refractivity contribution < 1.29 is 4.42 Å². The van der Waals surface area contributed by atoms with Gasteiger partial charge >= 0.3 is 0 Å². The quantitative estimate of drug-likeness (QED) is 0.171. The van der Waals surface area contributed by atoms with Crippen molar-refractivity contribution in [3.63, 3.8) is 0 Å². The summed E-state index contributed by atoms with van der Waals surface area (Å²) in [6, 6.07) is 37.2. The largest absolute Gasteiger partial charge is 0.468 e. The van der Waals surface area contributed by atoms with Crippen LogP contribution in [0, 0.1) is 25.7 Å². The molecule has 1 aromatic heterocycles. The molecule has 2 aliphatic heterocycles. The number of furan rings is 1. The standard InChI is InChI=1S/C50H51BN2O/c1-30-12-10-13-31(2)46(30)53-42-17-11-16-41-45(42)51(40-28-38-39(29-43(40)53)50(5,6)23-22-49(38,3)4)48-47(52(41)36-14-8-7-9-15-36)37-27-34(20-21-44(37)54-48)35-25-32-18-19-33(24-32)26-35/h7-17,20-21,27-29,32-33,35H,18-19,22-26H2,1-6H3. The monoisotopic (exact) mass is 706 g/mol. The fourth-order valence-electron chi connectivity index (χ4n) is 11.8. The van der Waals surface area contributed by atoms with E-state index in [1.54, 1.807) is 0 Å². The molecule has 54 heavy (non-hydrogen) atoms. The molecule has 3 aliphatic carbocycles. The lowest BCUT2D eigenvalue weighted by Crippen LogP contribution is -2.61. The van der Waals surface area contributed by atoms with E-state index in [1.807, 2.05) is 0 Å². The molecule has 6 aromatic rings. The molecule has 4 heteroatoms. The van der Waals surface area contributed by atoms with Crippen molar-refractivity contribution in [3.8, 4) is 0 Å². The van der Waals surface area contributed by atoms with E-state index in [9.17, 15) is 0 Å². The fraction of sp³-hybridized carbons (Fsp3) is 0.360. The van der Waals surface area contributed by atoms with Gasteiger partial charge in [0.25, 0.3) is 6.71 Å². The minimum absolute atomic E-state index is 0.0331. The Kier molecular flexibility index (Phi) is 6.92. The predicted molar refractivity (Wildman–Crippen MR) is 228 cm³/mol. The van der Waals surface area contributed by atoms with Crippen LogP contribution in [0.3, 0.4) is 0 Å². The van der Waals surface area contributed by atoms with E-state index in [4.69, 9.17) is 4.42 Å². The lowest BCUT2D eigenvalue weighted by atomic mass is 9.35. The lowest BCUT2D eigenvalue weighted by Gasteiger charge is -2.46. The second-order valence-electron chi connectivity index (χ2n) is 18.9. The Bertz CT molecular complexity index is 2480. The second-order valence-corrected chi connectivity index (χ2v) is 18.9. The van der Waals surface area contributed by atoms with Crippen LogP contribution in [-0.2, 0) is 10.8 Å². The molecule has 0 radical (unpaired) electrons. The number of para-hydroxylation sites is 2. The number of anilines is 6. The summed E-state index contributed by atoms with van der Waals surface area (Å²) < 4.78 is 7.31. The van der Waals surface area contributed by atoms with Crippen molar-refractivity contribution in [3.05, 3.63) is 125 Å². The maximum absolute atomic E-state index is 7.31. The average molecular weight is 707 g/mol. The van der Waals surface area contributed by atoms with Crippen LogP contribution < -0.4 is 26.4 Å². The number of benzene rings is 5. The lowest BCUT2D eigenvalue weighted by molar-refractivity contribution is 0.320. The van der Waals surface area contributed by atoms with Crippen LogP contribution in [0.15, 0.2) is 101 Å². The van der Waals surface area contributed by atoms with Crippen molar-refractivity contribution in [1.82, 2.24) is 0 Å². The highest BCUT2D eigenvalue weighted by molar-refractivity contribution is 7.00. The molecule has 2 fully saturated rings. The van der Waals surface area contributed by atoms with Crippen molar-refractivity contribution >= 4 is 68.4 Å². The third-order valence-corrected chi connectivity index (χ3v) is 14.6. The summed E-state index contributed by atoms with van der Waals surface area (Å²) in [5, 5.41) is 1.25. The molecule has 0 amide bonds. The van der Waals surface area contributed by atoms with Gasteiger partial charge in [0.05, 0.1) is 17.0 Å². The summed E-state index contributed by atoms with van der Waals surface area (Å²) in [5.41, 5.74) is 19.5. The molecule has 2 unspecified atom stereocenters. The van der Waals surface area contributed by atoms with E-state index in [1.165, 1.54) is 123 Å². The number of rotatable bonds is 3. The summed E-state index contributed by atoms with van der Waals surface area (Å²) in [6.07, 6.45) is 9.31. The Hall–Kier alpha value is -4.70. The van der Waals surface area contributed by atoms with E-state index in [0.29, 0.717) is 5.92 Å². The minimum atomic E-state index is -0.0331. The molecule has 2 atom stereocenters. The van der Waals surface area contributed by atoms with Crippen molar-refractivity contribution in [1.29, 1.82) is 0 Å². The molecule has 0 N–H and O–H groups in total. The molecular formula is C50H51BN2O. The van der Waals surface area contributed by atoms with E-state index in [0.717, 1.165) is 23.1 Å². The van der Waals surface area contributed by atoms with Crippen LogP contribution in [-0.4, -0.2) is 6.71 Å². The van der Waals surface area contributed by atoms with Gasteiger partial charge in [0.15, 0.2) is 0 Å². The van der Waals surface area contributed by atoms with Crippen molar-refractivity contribution in [2.75, 3.05) is 9.80 Å². The first-order valence-electron chi connectivity index (χ1n) is 20.7. The third kappa shape index (κ3) is 4.61. The van der Waals surface area contributed by atoms with Crippen molar-refractivity contribution in [2.45, 2.75) is 103 Å². The Morgan fingerprint density at radius 3 is 1.98 bits per heavy atom. The summed E-state index contributed by atoms with van der Waals surface area (Å²) in [6.45, 7) is 14.4. The molecule has 3 nitrogen and oxygen atoms in total. The average Bonchev–Trinajstić information content (AvgIpc) is 3.72. The van der Waals surface area contributed by atoms with Crippen LogP contribution in [0.2, 0.25) is 0 Å². The Balaban J connectivity index is 1.22. The van der Waals surface area contributed by atoms with Gasteiger partial charge in [-0.05, 0) is 156 Å². The first-order valence-corrected chi connectivity index (χ1v) is 20.7. The van der Waals surface area contributed by atoms with Gasteiger partial charge in [-0.25, -0.2) is 0 Å². The third-order valence-electron chi connectivity index (χ3n) is 14.6. The van der Waals surface area contributed by atoms with E-state index < -0.39 is 0 Å². The fourth-order valence-corrected chi connectivity index (χ4v) is 11.8. The molecule has 0 saturated heterocycles. The van der Waals surface area contributed by atoms with Crippen LogP contribution in [0.5, 0.6) is 0 Å². The highest BCUT2D eigenvalue weighted by Crippen LogP contribution is 2.53. The Morgan fingerprint density at radius 1 is 0.630 bits per heavy atom. The predicted octanol–water partition coefficient (Wildman–Crippen LogP) is 11.8. The maximum Gasteiger partial charge on any atom is 0.297 e. The van der Waals surface area contributed by atoms with Crippen LogP contribution in [0.4, 0.5) is 34.1 Å². The molecular weight excluding hydrogens is 655 g/mol. The Morgan fingerprint density at radius 2 is 1.28 bits per heavy atom. The van der Waals surface area contributed by atoms with Crippen molar-refractivity contribution in [2.24, 2.45) is 11.8 Å². The van der Waals surface area contributed by atoms with Gasteiger partial charge in [0.2, 0.25) is 0 Å². The molecule has 0 spiro atoms. The van der Waals surface area contributed by atoms with E-state index in [2.05, 4.69) is 148 Å². The molecule has 2 bridgehead atoms. The number of hydrogen-bond acceptors (Lipinski definition) is 3. The van der Waals surface area contributed by atoms with E-state index >= 15 is 0 Å². The maximum atomic E-state index is 7.31. The first kappa shape index (κ1) is 32.7. The molecule has 5 aromatic carbocycles.